The van der Waals surface area contributed by atoms with Gasteiger partial charge in [-0.1, -0.05) is 39.0 Å². The molecule has 18 heavy (non-hydrogen) atoms. The molecule has 0 spiro atoms. The molecule has 2 unspecified atom stereocenters. The van der Waals surface area contributed by atoms with E-state index in [9.17, 15) is 5.11 Å². The Morgan fingerprint density at radius 3 is 2.39 bits per heavy atom. The lowest BCUT2D eigenvalue weighted by molar-refractivity contribution is 0.0333. The maximum atomic E-state index is 10.5. The molecule has 2 nitrogen and oxygen atoms in total. The van der Waals surface area contributed by atoms with Crippen molar-refractivity contribution in [2.75, 3.05) is 13.1 Å². The molecule has 1 saturated heterocycles. The molecule has 1 heterocycles. The second-order valence-corrected chi connectivity index (χ2v) is 6.37. The quantitative estimate of drug-likeness (QED) is 0.828. The zero-order valence-corrected chi connectivity index (χ0v) is 12.1. The van der Waals surface area contributed by atoms with Gasteiger partial charge in [0.15, 0.2) is 0 Å². The SMILES string of the molecule is CCC1CCCCCN1CC(O)C1CCCCC1. The van der Waals surface area contributed by atoms with Crippen LogP contribution in [-0.4, -0.2) is 35.2 Å². The molecule has 1 saturated carbocycles. The third kappa shape index (κ3) is 3.96. The highest BCUT2D eigenvalue weighted by Gasteiger charge is 2.27. The molecule has 1 aliphatic heterocycles. The van der Waals surface area contributed by atoms with Crippen molar-refractivity contribution in [2.24, 2.45) is 5.92 Å². The fraction of sp³-hybridized carbons (Fsp3) is 1.00. The van der Waals surface area contributed by atoms with Crippen LogP contribution in [0.25, 0.3) is 0 Å². The van der Waals surface area contributed by atoms with Gasteiger partial charge in [0, 0.05) is 12.6 Å². The molecule has 0 radical (unpaired) electrons. The van der Waals surface area contributed by atoms with Gasteiger partial charge in [-0.15, -0.1) is 0 Å². The lowest BCUT2D eigenvalue weighted by atomic mass is 9.85. The van der Waals surface area contributed by atoms with E-state index in [1.54, 1.807) is 0 Å². The zero-order chi connectivity index (χ0) is 12.8. The molecule has 0 aromatic carbocycles. The van der Waals surface area contributed by atoms with Crippen LogP contribution in [0.5, 0.6) is 0 Å². The van der Waals surface area contributed by atoms with Gasteiger partial charge in [-0.2, -0.15) is 0 Å². The lowest BCUT2D eigenvalue weighted by Crippen LogP contribution is -2.42. The monoisotopic (exact) mass is 253 g/mol. The maximum Gasteiger partial charge on any atom is 0.0695 e. The Balaban J connectivity index is 1.84. The van der Waals surface area contributed by atoms with Crippen molar-refractivity contribution in [1.29, 1.82) is 0 Å². The van der Waals surface area contributed by atoms with E-state index in [-0.39, 0.29) is 6.10 Å². The van der Waals surface area contributed by atoms with Crippen molar-refractivity contribution < 1.29 is 5.11 Å². The molecule has 106 valence electrons. The summed E-state index contributed by atoms with van der Waals surface area (Å²) in [6.45, 7) is 4.45. The minimum Gasteiger partial charge on any atom is -0.392 e. The first-order valence-electron chi connectivity index (χ1n) is 8.23. The number of aliphatic hydroxyl groups is 1. The summed E-state index contributed by atoms with van der Waals surface area (Å²) in [6, 6.07) is 0.728. The first-order chi connectivity index (χ1) is 8.81. The smallest absolute Gasteiger partial charge is 0.0695 e. The molecule has 0 bridgehead atoms. The maximum absolute atomic E-state index is 10.5. The molecule has 0 aromatic rings. The first kappa shape index (κ1) is 14.3. The number of likely N-dealkylation sites (tertiary alicyclic amines) is 1. The summed E-state index contributed by atoms with van der Waals surface area (Å²) in [7, 11) is 0. The van der Waals surface area contributed by atoms with E-state index in [4.69, 9.17) is 0 Å². The molecule has 0 amide bonds. The summed E-state index contributed by atoms with van der Waals surface area (Å²) in [4.78, 5) is 2.59. The van der Waals surface area contributed by atoms with Gasteiger partial charge < -0.3 is 5.11 Å². The highest BCUT2D eigenvalue weighted by molar-refractivity contribution is 4.80. The fourth-order valence-corrected chi connectivity index (χ4v) is 3.85. The minimum absolute atomic E-state index is 0.0718. The zero-order valence-electron chi connectivity index (χ0n) is 12.1. The number of hydrogen-bond acceptors (Lipinski definition) is 2. The van der Waals surface area contributed by atoms with Crippen molar-refractivity contribution in [3.8, 4) is 0 Å². The van der Waals surface area contributed by atoms with Gasteiger partial charge in [0.1, 0.15) is 0 Å². The van der Waals surface area contributed by atoms with Gasteiger partial charge in [-0.25, -0.2) is 0 Å². The molecule has 1 N–H and O–H groups in total. The van der Waals surface area contributed by atoms with Gasteiger partial charge in [0.05, 0.1) is 6.10 Å². The van der Waals surface area contributed by atoms with Crippen LogP contribution in [-0.2, 0) is 0 Å². The number of hydrogen-bond donors (Lipinski definition) is 1. The van der Waals surface area contributed by atoms with E-state index in [2.05, 4.69) is 11.8 Å². The van der Waals surface area contributed by atoms with Crippen LogP contribution >= 0.6 is 0 Å². The van der Waals surface area contributed by atoms with E-state index >= 15 is 0 Å². The molecule has 2 fully saturated rings. The minimum atomic E-state index is -0.0718. The Morgan fingerprint density at radius 1 is 1.00 bits per heavy atom. The van der Waals surface area contributed by atoms with Gasteiger partial charge in [-0.05, 0) is 44.6 Å². The predicted octanol–water partition coefficient (Wildman–Crippen LogP) is 3.58. The highest BCUT2D eigenvalue weighted by atomic mass is 16.3. The van der Waals surface area contributed by atoms with Gasteiger partial charge >= 0.3 is 0 Å². The second kappa shape index (κ2) is 7.49. The number of nitrogens with zero attached hydrogens (tertiary/aromatic N) is 1. The van der Waals surface area contributed by atoms with E-state index in [0.29, 0.717) is 5.92 Å². The van der Waals surface area contributed by atoms with Gasteiger partial charge in [-0.3, -0.25) is 4.90 Å². The summed E-state index contributed by atoms with van der Waals surface area (Å²) >= 11 is 0. The standard InChI is InChI=1S/C16H31NO/c1-2-15-11-7-4-8-12-17(15)13-16(18)14-9-5-3-6-10-14/h14-16,18H,2-13H2,1H3. The van der Waals surface area contributed by atoms with Crippen molar-refractivity contribution in [2.45, 2.75) is 83.3 Å². The van der Waals surface area contributed by atoms with Crippen molar-refractivity contribution in [3.05, 3.63) is 0 Å². The van der Waals surface area contributed by atoms with Gasteiger partial charge in [0.2, 0.25) is 0 Å². The number of aliphatic hydroxyl groups excluding tert-OH is 1. The largest absolute Gasteiger partial charge is 0.392 e. The molecular formula is C16H31NO. The van der Waals surface area contributed by atoms with E-state index in [1.165, 1.54) is 70.8 Å². The summed E-state index contributed by atoms with van der Waals surface area (Å²) in [5.74, 6) is 0.583. The molecule has 2 aliphatic rings. The predicted molar refractivity (Wildman–Crippen MR) is 76.7 cm³/mol. The van der Waals surface area contributed by atoms with E-state index in [1.807, 2.05) is 0 Å². The number of rotatable bonds is 4. The fourth-order valence-electron chi connectivity index (χ4n) is 3.85. The van der Waals surface area contributed by atoms with Crippen LogP contribution in [0.1, 0.15) is 71.1 Å². The highest BCUT2D eigenvalue weighted by Crippen LogP contribution is 2.28. The summed E-state index contributed by atoms with van der Waals surface area (Å²) in [5, 5.41) is 10.5. The number of β-amino-alcohol motifs (C(OH)–C–C–N with tert-alkyl or cyclic N) is 1. The van der Waals surface area contributed by atoms with Crippen LogP contribution < -0.4 is 0 Å². The van der Waals surface area contributed by atoms with Crippen LogP contribution in [0.3, 0.4) is 0 Å². The van der Waals surface area contributed by atoms with Crippen LogP contribution in [0.4, 0.5) is 0 Å². The molecule has 2 heteroatoms. The Hall–Kier alpha value is -0.0800. The van der Waals surface area contributed by atoms with Crippen LogP contribution in [0, 0.1) is 5.92 Å². The normalized spacial score (nSPS) is 30.0. The molecule has 2 atom stereocenters. The van der Waals surface area contributed by atoms with Crippen molar-refractivity contribution >= 4 is 0 Å². The molecule has 1 aliphatic carbocycles. The second-order valence-electron chi connectivity index (χ2n) is 6.37. The molecule has 2 rings (SSSR count). The van der Waals surface area contributed by atoms with Crippen molar-refractivity contribution in [3.63, 3.8) is 0 Å². The third-order valence-corrected chi connectivity index (χ3v) is 5.09. The Kier molecular flexibility index (Phi) is 5.97. The topological polar surface area (TPSA) is 23.5 Å². The summed E-state index contributed by atoms with van der Waals surface area (Å²) in [5.41, 5.74) is 0. The van der Waals surface area contributed by atoms with E-state index in [0.717, 1.165) is 12.6 Å². The van der Waals surface area contributed by atoms with E-state index < -0.39 is 0 Å². The Labute approximate surface area is 113 Å². The molecular weight excluding hydrogens is 222 g/mol. The first-order valence-corrected chi connectivity index (χ1v) is 8.23. The van der Waals surface area contributed by atoms with Crippen molar-refractivity contribution in [1.82, 2.24) is 4.90 Å². The summed E-state index contributed by atoms with van der Waals surface area (Å²) in [6.07, 6.45) is 13.2. The van der Waals surface area contributed by atoms with Crippen LogP contribution in [0.2, 0.25) is 0 Å². The Morgan fingerprint density at radius 2 is 1.67 bits per heavy atom. The summed E-state index contributed by atoms with van der Waals surface area (Å²) < 4.78 is 0. The van der Waals surface area contributed by atoms with Crippen LogP contribution in [0.15, 0.2) is 0 Å². The average molecular weight is 253 g/mol. The Bertz CT molecular complexity index is 225. The van der Waals surface area contributed by atoms with Gasteiger partial charge in [0.25, 0.3) is 0 Å². The average Bonchev–Trinajstić information content (AvgIpc) is 2.64. The molecule has 0 aromatic heterocycles. The third-order valence-electron chi connectivity index (χ3n) is 5.09. The lowest BCUT2D eigenvalue weighted by Gasteiger charge is -2.34.